The van der Waals surface area contributed by atoms with Crippen LogP contribution in [0.25, 0.3) is 12.2 Å². The topological polar surface area (TPSA) is 79.3 Å². The van der Waals surface area contributed by atoms with Crippen LogP contribution in [0.4, 0.5) is 0 Å². The molecule has 0 fully saturated rings. The van der Waals surface area contributed by atoms with Gasteiger partial charge in [-0.15, -0.1) is 0 Å². The number of aromatic nitrogens is 1. The van der Waals surface area contributed by atoms with E-state index in [1.807, 2.05) is 12.1 Å². The fourth-order valence-corrected chi connectivity index (χ4v) is 1.69. The highest BCUT2D eigenvalue weighted by Gasteiger charge is 2.01. The third kappa shape index (κ3) is 4.50. The molecular weight excluding hydrogens is 280 g/mol. The van der Waals surface area contributed by atoms with Gasteiger partial charge in [-0.05, 0) is 35.4 Å². The van der Waals surface area contributed by atoms with Crippen LogP contribution in [0.2, 0.25) is 0 Å². The Bertz CT molecular complexity index is 704. The number of hydroxylamine groups is 1. The average Bonchev–Trinajstić information content (AvgIpc) is 2.59. The predicted octanol–water partition coefficient (Wildman–Crippen LogP) is 2.50. The minimum atomic E-state index is -0.593. The second kappa shape index (κ2) is 7.66. The molecular formula is C17H14N2O3. The molecule has 5 heteroatoms. The molecule has 2 aromatic rings. The molecule has 2 N–H and O–H groups in total. The van der Waals surface area contributed by atoms with Crippen LogP contribution in [-0.4, -0.2) is 21.9 Å². The maximum Gasteiger partial charge on any atom is 0.267 e. The molecule has 1 aromatic heterocycles. The van der Waals surface area contributed by atoms with Gasteiger partial charge in [0, 0.05) is 12.3 Å². The normalized spacial score (nSPS) is 11.0. The largest absolute Gasteiger partial charge is 0.288 e. The average molecular weight is 294 g/mol. The molecule has 0 bridgehead atoms. The fraction of sp³-hybridized carbons (Fsp3) is 0. The number of carbonyl (C=O) groups is 2. The summed E-state index contributed by atoms with van der Waals surface area (Å²) < 4.78 is 0. The minimum absolute atomic E-state index is 0.163. The summed E-state index contributed by atoms with van der Waals surface area (Å²) in [5, 5.41) is 8.38. The van der Waals surface area contributed by atoms with E-state index in [2.05, 4.69) is 4.98 Å². The monoisotopic (exact) mass is 294 g/mol. The zero-order valence-electron chi connectivity index (χ0n) is 11.6. The summed E-state index contributed by atoms with van der Waals surface area (Å²) in [6, 6.07) is 12.4. The van der Waals surface area contributed by atoms with Crippen LogP contribution in [0.5, 0.6) is 0 Å². The highest BCUT2D eigenvalue weighted by molar-refractivity contribution is 6.05. The Labute approximate surface area is 127 Å². The number of hydrogen-bond donors (Lipinski definition) is 2. The number of benzene rings is 1. The van der Waals surface area contributed by atoms with Crippen LogP contribution in [0.15, 0.2) is 60.8 Å². The van der Waals surface area contributed by atoms with Crippen LogP contribution in [-0.2, 0) is 4.79 Å². The first-order chi connectivity index (χ1) is 10.7. The van der Waals surface area contributed by atoms with Gasteiger partial charge in [0.25, 0.3) is 5.91 Å². The molecule has 0 aliphatic heterocycles. The molecule has 5 nitrogen and oxygen atoms in total. The lowest BCUT2D eigenvalue weighted by atomic mass is 10.1. The van der Waals surface area contributed by atoms with Crippen molar-refractivity contribution in [3.8, 4) is 0 Å². The van der Waals surface area contributed by atoms with Gasteiger partial charge in [0.2, 0.25) is 5.78 Å². The third-order valence-corrected chi connectivity index (χ3v) is 2.82. The van der Waals surface area contributed by atoms with Crippen molar-refractivity contribution in [1.29, 1.82) is 0 Å². The van der Waals surface area contributed by atoms with Crippen molar-refractivity contribution in [2.45, 2.75) is 0 Å². The summed E-state index contributed by atoms with van der Waals surface area (Å²) in [6.45, 7) is 0. The Kier molecular flexibility index (Phi) is 5.34. The Hall–Kier alpha value is -3.05. The summed E-state index contributed by atoms with van der Waals surface area (Å²) in [5.74, 6) is -0.755. The zero-order chi connectivity index (χ0) is 15.8. The van der Waals surface area contributed by atoms with E-state index in [0.29, 0.717) is 5.69 Å². The van der Waals surface area contributed by atoms with Crippen LogP contribution in [0.1, 0.15) is 21.6 Å². The summed E-state index contributed by atoms with van der Waals surface area (Å²) in [6.07, 6.45) is 7.52. The fourth-order valence-electron chi connectivity index (χ4n) is 1.69. The Balaban J connectivity index is 2.02. The van der Waals surface area contributed by atoms with E-state index in [1.165, 1.54) is 17.6 Å². The third-order valence-electron chi connectivity index (χ3n) is 2.82. The highest BCUT2D eigenvalue weighted by Crippen LogP contribution is 2.08. The van der Waals surface area contributed by atoms with Gasteiger partial charge in [-0.1, -0.05) is 36.4 Å². The zero-order valence-corrected chi connectivity index (χ0v) is 11.6. The van der Waals surface area contributed by atoms with Crippen LogP contribution >= 0.6 is 0 Å². The van der Waals surface area contributed by atoms with Crippen molar-refractivity contribution in [3.05, 3.63) is 77.6 Å². The molecule has 0 unspecified atom stereocenters. The van der Waals surface area contributed by atoms with Gasteiger partial charge in [-0.2, -0.15) is 0 Å². The lowest BCUT2D eigenvalue weighted by Crippen LogP contribution is -2.14. The molecule has 1 amide bonds. The Morgan fingerprint density at radius 3 is 2.14 bits per heavy atom. The van der Waals surface area contributed by atoms with Gasteiger partial charge in [0.05, 0.1) is 0 Å². The number of nitrogens with one attached hydrogen (secondary N) is 1. The molecule has 0 saturated heterocycles. The van der Waals surface area contributed by atoms with Crippen molar-refractivity contribution in [2.75, 3.05) is 0 Å². The van der Waals surface area contributed by atoms with Gasteiger partial charge in [-0.3, -0.25) is 19.8 Å². The molecule has 0 atom stereocenters. The number of carbonyl (C=O) groups excluding carboxylic acids is 2. The smallest absolute Gasteiger partial charge is 0.267 e. The molecule has 0 aliphatic rings. The first-order valence-corrected chi connectivity index (χ1v) is 6.55. The number of rotatable bonds is 5. The van der Waals surface area contributed by atoms with Crippen LogP contribution < -0.4 is 5.48 Å². The quantitative estimate of drug-likeness (QED) is 0.384. The molecule has 110 valence electrons. The molecule has 0 radical (unpaired) electrons. The lowest BCUT2D eigenvalue weighted by Gasteiger charge is -1.97. The van der Waals surface area contributed by atoms with E-state index < -0.39 is 5.91 Å². The van der Waals surface area contributed by atoms with Gasteiger partial charge in [-0.25, -0.2) is 5.48 Å². The van der Waals surface area contributed by atoms with E-state index in [1.54, 1.807) is 48.7 Å². The van der Waals surface area contributed by atoms with Crippen molar-refractivity contribution in [2.24, 2.45) is 0 Å². The van der Waals surface area contributed by atoms with E-state index in [9.17, 15) is 9.59 Å². The van der Waals surface area contributed by atoms with Crippen molar-refractivity contribution in [1.82, 2.24) is 10.5 Å². The molecule has 2 rings (SSSR count). The molecule has 0 saturated carbocycles. The predicted molar refractivity (Wildman–Crippen MR) is 83.0 cm³/mol. The summed E-state index contributed by atoms with van der Waals surface area (Å²) in [5.41, 5.74) is 3.57. The molecule has 0 spiro atoms. The van der Waals surface area contributed by atoms with Gasteiger partial charge in [0.1, 0.15) is 5.69 Å². The van der Waals surface area contributed by atoms with Crippen molar-refractivity contribution >= 4 is 23.8 Å². The van der Waals surface area contributed by atoms with Gasteiger partial charge in [0.15, 0.2) is 0 Å². The Morgan fingerprint density at radius 2 is 1.59 bits per heavy atom. The first-order valence-electron chi connectivity index (χ1n) is 6.55. The number of allylic oxidation sites excluding steroid dienone is 1. The van der Waals surface area contributed by atoms with Gasteiger partial charge >= 0.3 is 0 Å². The van der Waals surface area contributed by atoms with E-state index in [4.69, 9.17) is 5.21 Å². The highest BCUT2D eigenvalue weighted by atomic mass is 16.5. The SMILES string of the molecule is O=C(/C=C/c1ccc(/C=C/C(=O)c2ccccn2)cc1)NO. The molecule has 1 heterocycles. The lowest BCUT2D eigenvalue weighted by molar-refractivity contribution is -0.124. The number of ketones is 1. The van der Waals surface area contributed by atoms with E-state index in [0.717, 1.165) is 11.1 Å². The molecule has 22 heavy (non-hydrogen) atoms. The summed E-state index contributed by atoms with van der Waals surface area (Å²) in [4.78, 5) is 26.7. The maximum atomic E-state index is 11.9. The van der Waals surface area contributed by atoms with E-state index >= 15 is 0 Å². The number of amides is 1. The summed E-state index contributed by atoms with van der Waals surface area (Å²) in [7, 11) is 0. The number of hydrogen-bond acceptors (Lipinski definition) is 4. The maximum absolute atomic E-state index is 11.9. The minimum Gasteiger partial charge on any atom is -0.288 e. The molecule has 1 aromatic carbocycles. The van der Waals surface area contributed by atoms with Crippen LogP contribution in [0, 0.1) is 0 Å². The second-order valence-corrected chi connectivity index (χ2v) is 4.39. The second-order valence-electron chi connectivity index (χ2n) is 4.39. The van der Waals surface area contributed by atoms with Crippen LogP contribution in [0.3, 0.4) is 0 Å². The summed E-state index contributed by atoms with van der Waals surface area (Å²) >= 11 is 0. The Morgan fingerprint density at radius 1 is 0.955 bits per heavy atom. The number of nitrogens with zero attached hydrogens (tertiary/aromatic N) is 1. The first kappa shape index (κ1) is 15.3. The van der Waals surface area contributed by atoms with Crippen molar-refractivity contribution in [3.63, 3.8) is 0 Å². The van der Waals surface area contributed by atoms with Crippen molar-refractivity contribution < 1.29 is 14.8 Å². The van der Waals surface area contributed by atoms with E-state index in [-0.39, 0.29) is 5.78 Å². The standard InChI is InChI=1S/C17H14N2O3/c20-16(15-3-1-2-12-18-15)10-8-13-4-6-14(7-5-13)9-11-17(21)19-22/h1-12,22H,(H,19,21)/b10-8+,11-9+. The van der Waals surface area contributed by atoms with Gasteiger partial charge < -0.3 is 0 Å². The number of pyridine rings is 1. The molecule has 0 aliphatic carbocycles.